The van der Waals surface area contributed by atoms with Crippen molar-refractivity contribution in [1.29, 1.82) is 0 Å². The third-order valence-corrected chi connectivity index (χ3v) is 0.575. The van der Waals surface area contributed by atoms with Crippen LogP contribution in [0.25, 0.3) is 0 Å². The fraction of sp³-hybridized carbons (Fsp3) is 0.750. The Hall–Kier alpha value is -0.610. The highest BCUT2D eigenvalue weighted by Gasteiger charge is 1.94. The van der Waals surface area contributed by atoms with Crippen molar-refractivity contribution < 1.29 is 4.79 Å². The summed E-state index contributed by atoms with van der Waals surface area (Å²) in [5.74, 6) is -0.322. The molecule has 0 unspecified atom stereocenters. The molecular formula is C4H9N3O. The van der Waals surface area contributed by atoms with E-state index in [-0.39, 0.29) is 25.5 Å². The molecular weight excluding hydrogens is 106 g/mol. The van der Waals surface area contributed by atoms with E-state index in [2.05, 4.69) is 5.32 Å². The second-order valence-corrected chi connectivity index (χ2v) is 1.23. The minimum absolute atomic E-state index is 0.0417. The third-order valence-electron chi connectivity index (χ3n) is 0.575. The first kappa shape index (κ1) is 7.39. The molecule has 0 bridgehead atoms. The minimum Gasteiger partial charge on any atom is -0.322 e. The Morgan fingerprint density at radius 1 is 1.75 bits per heavy atom. The van der Waals surface area contributed by atoms with Gasteiger partial charge in [-0.25, -0.2) is 5.32 Å². The molecule has 0 aromatic heterocycles. The van der Waals surface area contributed by atoms with Gasteiger partial charge in [-0.1, -0.05) is 0 Å². The molecule has 0 aromatic rings. The first-order valence-electron chi connectivity index (χ1n) is 2.36. The van der Waals surface area contributed by atoms with Gasteiger partial charge in [0.1, 0.15) is 0 Å². The normalized spacial score (nSPS) is 8.75. The van der Waals surface area contributed by atoms with Gasteiger partial charge >= 0.3 is 0 Å². The number of nitrogens with one attached hydrogen (secondary N) is 1. The van der Waals surface area contributed by atoms with Crippen molar-refractivity contribution in [2.24, 2.45) is 5.73 Å². The molecule has 0 aliphatic carbocycles. The molecule has 0 saturated heterocycles. The lowest BCUT2D eigenvalue weighted by molar-refractivity contribution is -0.119. The van der Waals surface area contributed by atoms with E-state index in [0.29, 0.717) is 0 Å². The molecule has 8 heavy (non-hydrogen) atoms. The van der Waals surface area contributed by atoms with Gasteiger partial charge in [0, 0.05) is 6.54 Å². The zero-order chi connectivity index (χ0) is 6.41. The minimum atomic E-state index is -0.322. The highest BCUT2D eigenvalue weighted by molar-refractivity contribution is 5.77. The lowest BCUT2D eigenvalue weighted by Crippen LogP contribution is -2.26. The summed E-state index contributed by atoms with van der Waals surface area (Å²) in [6.45, 7) is 0.391. The van der Waals surface area contributed by atoms with Crippen LogP contribution < -0.4 is 16.8 Å². The van der Waals surface area contributed by atoms with Crippen molar-refractivity contribution in [2.45, 2.75) is 0 Å². The highest BCUT2D eigenvalue weighted by atomic mass is 16.1. The average molecular weight is 115 g/mol. The van der Waals surface area contributed by atoms with E-state index in [1.807, 2.05) is 0 Å². The van der Waals surface area contributed by atoms with Crippen molar-refractivity contribution in [2.75, 3.05) is 19.6 Å². The van der Waals surface area contributed by atoms with Gasteiger partial charge in [0.2, 0.25) is 0 Å². The Labute approximate surface area is 48.2 Å². The molecule has 0 aliphatic heterocycles. The van der Waals surface area contributed by atoms with E-state index >= 15 is 0 Å². The summed E-state index contributed by atoms with van der Waals surface area (Å²) in [5, 5.41) is 3.41. The number of nitrogens with zero attached hydrogens (tertiary/aromatic N) is 1. The Kier molecular flexibility index (Phi) is 4.20. The van der Waals surface area contributed by atoms with Gasteiger partial charge < -0.3 is 5.73 Å². The van der Waals surface area contributed by atoms with Crippen LogP contribution in [0.2, 0.25) is 0 Å². The highest BCUT2D eigenvalue weighted by Crippen LogP contribution is 1.60. The van der Waals surface area contributed by atoms with Crippen molar-refractivity contribution in [3.05, 3.63) is 0 Å². The Morgan fingerprint density at radius 3 is 2.75 bits per heavy atom. The van der Waals surface area contributed by atoms with Gasteiger partial charge in [0.25, 0.3) is 5.91 Å². The monoisotopic (exact) mass is 115 g/mol. The van der Waals surface area contributed by atoms with Crippen LogP contribution in [0.3, 0.4) is 0 Å². The van der Waals surface area contributed by atoms with Gasteiger partial charge in [0.15, 0.2) is 0 Å². The second kappa shape index (κ2) is 4.55. The molecule has 0 spiro atoms. The third kappa shape index (κ3) is 3.58. The number of rotatable bonds is 3. The molecule has 0 fully saturated rings. The molecule has 46 valence electrons. The summed E-state index contributed by atoms with van der Waals surface area (Å²) < 4.78 is 0. The summed E-state index contributed by atoms with van der Waals surface area (Å²) in [6.07, 6.45) is 0. The topological polar surface area (TPSA) is 81.0 Å². The average Bonchev–Trinajstić information content (AvgIpc) is 1.83. The number of amides is 1. The molecule has 0 heterocycles. The predicted octanol–water partition coefficient (Wildman–Crippen LogP) is -1.64. The van der Waals surface area contributed by atoms with Gasteiger partial charge in [-0.15, -0.1) is 0 Å². The molecule has 0 atom stereocenters. The van der Waals surface area contributed by atoms with Crippen LogP contribution in [-0.4, -0.2) is 25.5 Å². The number of hydrogen-bond acceptors (Lipinski definition) is 2. The largest absolute Gasteiger partial charge is 0.322 e. The van der Waals surface area contributed by atoms with Crippen LogP contribution in [0, 0.1) is 0 Å². The molecule has 1 amide bonds. The quantitative estimate of drug-likeness (QED) is 0.478. The molecule has 0 aliphatic rings. The number of nitrogens with two attached hydrogens (primary N) is 1. The van der Waals surface area contributed by atoms with Crippen LogP contribution in [0.4, 0.5) is 0 Å². The lowest BCUT2D eigenvalue weighted by Gasteiger charge is -1.92. The maximum Gasteiger partial charge on any atom is 0.254 e. The smallest absolute Gasteiger partial charge is 0.254 e. The maximum absolute atomic E-state index is 10.2. The van der Waals surface area contributed by atoms with E-state index in [4.69, 9.17) is 11.5 Å². The summed E-state index contributed by atoms with van der Waals surface area (Å²) in [6, 6.07) is 0. The fourth-order valence-corrected chi connectivity index (χ4v) is 0.245. The summed E-state index contributed by atoms with van der Waals surface area (Å²) in [5.41, 5.74) is 11.5. The van der Waals surface area contributed by atoms with Crippen LogP contribution in [0.1, 0.15) is 0 Å². The molecule has 0 rings (SSSR count). The summed E-state index contributed by atoms with van der Waals surface area (Å²) in [7, 11) is 0. The van der Waals surface area contributed by atoms with Crippen LogP contribution in [0.5, 0.6) is 0 Å². The zero-order valence-electron chi connectivity index (χ0n) is 4.55. The van der Waals surface area contributed by atoms with E-state index < -0.39 is 0 Å². The lowest BCUT2D eigenvalue weighted by atomic mass is 10.5. The predicted molar refractivity (Wildman–Crippen MR) is 29.0 cm³/mol. The van der Waals surface area contributed by atoms with E-state index in [1.165, 1.54) is 0 Å². The van der Waals surface area contributed by atoms with Crippen LogP contribution in [0.15, 0.2) is 0 Å². The van der Waals surface area contributed by atoms with E-state index in [0.717, 1.165) is 0 Å². The van der Waals surface area contributed by atoms with E-state index in [1.54, 1.807) is 0 Å². The first-order valence-corrected chi connectivity index (χ1v) is 2.36. The molecule has 0 aromatic carbocycles. The number of carbonyl (C=O) groups excluding carboxylic acids is 1. The SMILES string of the molecule is [NH]CC[N]C(=O)CN. The Balaban J connectivity index is 2.99. The van der Waals surface area contributed by atoms with Crippen molar-refractivity contribution in [3.8, 4) is 0 Å². The zero-order valence-corrected chi connectivity index (χ0v) is 4.55. The molecule has 2 radical (unpaired) electrons. The second-order valence-electron chi connectivity index (χ2n) is 1.23. The number of carbonyl (C=O) groups is 1. The Morgan fingerprint density at radius 2 is 2.38 bits per heavy atom. The van der Waals surface area contributed by atoms with Crippen molar-refractivity contribution >= 4 is 5.91 Å². The molecule has 4 nitrogen and oxygen atoms in total. The molecule has 0 saturated carbocycles. The van der Waals surface area contributed by atoms with Gasteiger partial charge in [-0.05, 0) is 0 Å². The summed E-state index contributed by atoms with van der Waals surface area (Å²) in [4.78, 5) is 10.2. The van der Waals surface area contributed by atoms with Crippen molar-refractivity contribution in [1.82, 2.24) is 11.1 Å². The number of hydrogen-bond donors (Lipinski definition) is 1. The van der Waals surface area contributed by atoms with Crippen molar-refractivity contribution in [3.63, 3.8) is 0 Å². The first-order chi connectivity index (χ1) is 3.81. The maximum atomic E-state index is 10.2. The fourth-order valence-electron chi connectivity index (χ4n) is 0.245. The van der Waals surface area contributed by atoms with Crippen LogP contribution in [-0.2, 0) is 4.79 Å². The van der Waals surface area contributed by atoms with Gasteiger partial charge in [-0.2, -0.15) is 0 Å². The summed E-state index contributed by atoms with van der Waals surface area (Å²) >= 11 is 0. The van der Waals surface area contributed by atoms with Gasteiger partial charge in [-0.3, -0.25) is 10.5 Å². The van der Waals surface area contributed by atoms with Gasteiger partial charge in [0.05, 0.1) is 13.1 Å². The Bertz CT molecular complexity index is 73.7. The molecule has 3 N–H and O–H groups in total. The standard InChI is InChI=1S/C4H9N3O/c5-1-2-7-4(8)3-6/h5H,1-3,6H2. The van der Waals surface area contributed by atoms with E-state index in [9.17, 15) is 4.79 Å². The van der Waals surface area contributed by atoms with Crippen LogP contribution >= 0.6 is 0 Å². The molecule has 4 heteroatoms.